The summed E-state index contributed by atoms with van der Waals surface area (Å²) in [5, 5.41) is 8.61. The molecule has 1 unspecified atom stereocenters. The van der Waals surface area contributed by atoms with E-state index < -0.39 is 0 Å². The molecule has 3 aromatic rings. The van der Waals surface area contributed by atoms with Crippen LogP contribution in [0.3, 0.4) is 0 Å². The van der Waals surface area contributed by atoms with Crippen LogP contribution in [0.5, 0.6) is 0 Å². The van der Waals surface area contributed by atoms with Gasteiger partial charge in [-0.25, -0.2) is 4.98 Å². The molecule has 4 rings (SSSR count). The Labute approximate surface area is 157 Å². The fourth-order valence-electron chi connectivity index (χ4n) is 3.32. The fourth-order valence-corrected chi connectivity index (χ4v) is 4.40. The first-order valence-electron chi connectivity index (χ1n) is 8.83. The lowest BCUT2D eigenvalue weighted by atomic mass is 10.1. The number of thiazole rings is 1. The first kappa shape index (κ1) is 17.3. The first-order chi connectivity index (χ1) is 12.5. The van der Waals surface area contributed by atoms with Gasteiger partial charge in [0.1, 0.15) is 9.88 Å². The maximum absolute atomic E-state index is 5.59. The van der Waals surface area contributed by atoms with Crippen LogP contribution in [-0.2, 0) is 0 Å². The third-order valence-corrected chi connectivity index (χ3v) is 6.03. The third kappa shape index (κ3) is 3.18. The van der Waals surface area contributed by atoms with Crippen molar-refractivity contribution in [2.45, 2.75) is 26.8 Å². The number of hydrogen-bond acceptors (Lipinski definition) is 7. The highest BCUT2D eigenvalue weighted by Crippen LogP contribution is 2.36. The molecule has 1 fully saturated rings. The highest BCUT2D eigenvalue weighted by atomic mass is 32.1. The van der Waals surface area contributed by atoms with Gasteiger partial charge in [0.25, 0.3) is 5.89 Å². The molecule has 1 saturated heterocycles. The normalized spacial score (nSPS) is 18.4. The Morgan fingerprint density at radius 1 is 1.23 bits per heavy atom. The summed E-state index contributed by atoms with van der Waals surface area (Å²) in [6.07, 6.45) is 0. The average molecular weight is 369 g/mol. The molecule has 0 bridgehead atoms. The number of benzene rings is 1. The molecule has 0 amide bonds. The van der Waals surface area contributed by atoms with Gasteiger partial charge in [0.15, 0.2) is 5.82 Å². The lowest BCUT2D eigenvalue weighted by Gasteiger charge is -2.30. The zero-order valence-corrected chi connectivity index (χ0v) is 16.4. The van der Waals surface area contributed by atoms with E-state index in [-0.39, 0.29) is 6.04 Å². The maximum atomic E-state index is 5.59. The summed E-state index contributed by atoms with van der Waals surface area (Å²) in [6.45, 7) is 9.03. The van der Waals surface area contributed by atoms with Crippen molar-refractivity contribution >= 4 is 11.3 Å². The molecular formula is C19H23N5OS. The highest BCUT2D eigenvalue weighted by Gasteiger charge is 2.26. The molecule has 136 valence electrons. The summed E-state index contributed by atoms with van der Waals surface area (Å²) >= 11 is 1.61. The van der Waals surface area contributed by atoms with Crippen LogP contribution in [0.25, 0.3) is 21.3 Å². The summed E-state index contributed by atoms with van der Waals surface area (Å²) in [5.41, 5.74) is 4.57. The van der Waals surface area contributed by atoms with Gasteiger partial charge in [0.2, 0.25) is 0 Å². The smallest absolute Gasteiger partial charge is 0.269 e. The van der Waals surface area contributed by atoms with Crippen molar-refractivity contribution in [3.63, 3.8) is 0 Å². The van der Waals surface area contributed by atoms with E-state index >= 15 is 0 Å². The van der Waals surface area contributed by atoms with Crippen LogP contribution in [-0.4, -0.2) is 46.7 Å². The van der Waals surface area contributed by atoms with Gasteiger partial charge in [0.05, 0.1) is 11.7 Å². The van der Waals surface area contributed by atoms with E-state index in [1.165, 1.54) is 11.1 Å². The van der Waals surface area contributed by atoms with Crippen LogP contribution >= 0.6 is 11.3 Å². The van der Waals surface area contributed by atoms with Crippen molar-refractivity contribution in [1.29, 1.82) is 0 Å². The topological polar surface area (TPSA) is 67.1 Å². The molecule has 1 N–H and O–H groups in total. The second-order valence-electron chi connectivity index (χ2n) is 6.91. The molecule has 3 heterocycles. The van der Waals surface area contributed by atoms with Gasteiger partial charge in [0, 0.05) is 25.2 Å². The monoisotopic (exact) mass is 369 g/mol. The van der Waals surface area contributed by atoms with Crippen LogP contribution in [0.4, 0.5) is 0 Å². The van der Waals surface area contributed by atoms with Crippen molar-refractivity contribution in [3.05, 3.63) is 40.8 Å². The van der Waals surface area contributed by atoms with Gasteiger partial charge in [-0.15, -0.1) is 11.3 Å². The Balaban J connectivity index is 1.66. The Morgan fingerprint density at radius 2 is 2.08 bits per heavy atom. The zero-order chi connectivity index (χ0) is 18.3. The molecule has 0 radical (unpaired) electrons. The van der Waals surface area contributed by atoms with E-state index in [1.54, 1.807) is 11.3 Å². The number of nitrogens with one attached hydrogen (secondary N) is 1. The Kier molecular flexibility index (Phi) is 4.60. The first-order valence-corrected chi connectivity index (χ1v) is 9.64. The number of nitrogens with zero attached hydrogens (tertiary/aromatic N) is 4. The summed E-state index contributed by atoms with van der Waals surface area (Å²) < 4.78 is 5.59. The Morgan fingerprint density at radius 3 is 2.85 bits per heavy atom. The SMILES string of the molecule is Cc1ccc(-c2nc(C)c(-c3nc(C4CNCCN4C)no3)s2)c(C)c1. The second kappa shape index (κ2) is 6.90. The van der Waals surface area contributed by atoms with Crippen molar-refractivity contribution in [1.82, 2.24) is 25.3 Å². The number of rotatable bonds is 3. The standard InChI is InChI=1S/C19H23N5OS/c1-11-5-6-14(12(2)9-11)19-21-13(3)16(26-19)18-22-17(23-25-18)15-10-20-7-8-24(15)4/h5-6,9,15,20H,7-8,10H2,1-4H3. The number of likely N-dealkylation sites (N-methyl/N-ethyl adjacent to an activating group) is 1. The molecule has 1 atom stereocenters. The van der Waals surface area contributed by atoms with Crippen molar-refractivity contribution in [3.8, 4) is 21.3 Å². The second-order valence-corrected chi connectivity index (χ2v) is 7.91. The predicted molar refractivity (Wildman–Crippen MR) is 103 cm³/mol. The maximum Gasteiger partial charge on any atom is 0.269 e. The number of aryl methyl sites for hydroxylation is 3. The molecule has 6 nitrogen and oxygen atoms in total. The quantitative estimate of drug-likeness (QED) is 0.764. The number of hydrogen-bond donors (Lipinski definition) is 1. The molecule has 1 aliphatic heterocycles. The zero-order valence-electron chi connectivity index (χ0n) is 15.5. The van der Waals surface area contributed by atoms with Gasteiger partial charge < -0.3 is 9.84 Å². The van der Waals surface area contributed by atoms with E-state index in [4.69, 9.17) is 9.51 Å². The van der Waals surface area contributed by atoms with Crippen LogP contribution in [0.2, 0.25) is 0 Å². The Bertz CT molecular complexity index is 932. The van der Waals surface area contributed by atoms with Gasteiger partial charge in [-0.3, -0.25) is 4.90 Å². The summed E-state index contributed by atoms with van der Waals surface area (Å²) in [5.74, 6) is 1.29. The molecule has 2 aromatic heterocycles. The van der Waals surface area contributed by atoms with Crippen LogP contribution in [0, 0.1) is 20.8 Å². The molecule has 1 aromatic carbocycles. The number of aromatic nitrogens is 3. The minimum atomic E-state index is 0.147. The van der Waals surface area contributed by atoms with E-state index in [0.717, 1.165) is 46.6 Å². The average Bonchev–Trinajstić information content (AvgIpc) is 3.22. The summed E-state index contributed by atoms with van der Waals surface area (Å²) in [7, 11) is 2.10. The third-order valence-electron chi connectivity index (χ3n) is 4.85. The van der Waals surface area contributed by atoms with Crippen LogP contribution < -0.4 is 5.32 Å². The van der Waals surface area contributed by atoms with Crippen LogP contribution in [0.1, 0.15) is 28.7 Å². The van der Waals surface area contributed by atoms with Crippen molar-refractivity contribution in [2.75, 3.05) is 26.7 Å². The Hall–Kier alpha value is -2.09. The molecule has 0 spiro atoms. The lowest BCUT2D eigenvalue weighted by molar-refractivity contribution is 0.190. The van der Waals surface area contributed by atoms with Gasteiger partial charge >= 0.3 is 0 Å². The minimum Gasteiger partial charge on any atom is -0.333 e. The van der Waals surface area contributed by atoms with Gasteiger partial charge in [-0.2, -0.15) is 4.98 Å². The van der Waals surface area contributed by atoms with E-state index in [2.05, 4.69) is 59.5 Å². The van der Waals surface area contributed by atoms with E-state index in [1.807, 2.05) is 6.92 Å². The molecule has 1 aliphatic rings. The molecule has 26 heavy (non-hydrogen) atoms. The van der Waals surface area contributed by atoms with Crippen molar-refractivity contribution in [2.24, 2.45) is 0 Å². The lowest BCUT2D eigenvalue weighted by Crippen LogP contribution is -2.44. The van der Waals surface area contributed by atoms with Gasteiger partial charge in [-0.05, 0) is 33.4 Å². The van der Waals surface area contributed by atoms with Gasteiger partial charge in [-0.1, -0.05) is 28.9 Å². The number of piperazine rings is 1. The molecule has 0 saturated carbocycles. The summed E-state index contributed by atoms with van der Waals surface area (Å²) in [6, 6.07) is 6.58. The molecule has 0 aliphatic carbocycles. The fraction of sp³-hybridized carbons (Fsp3) is 0.421. The van der Waals surface area contributed by atoms with Crippen molar-refractivity contribution < 1.29 is 4.52 Å². The molecule has 7 heteroatoms. The summed E-state index contributed by atoms with van der Waals surface area (Å²) in [4.78, 5) is 12.6. The largest absolute Gasteiger partial charge is 0.333 e. The van der Waals surface area contributed by atoms with E-state index in [9.17, 15) is 0 Å². The minimum absolute atomic E-state index is 0.147. The molecular weight excluding hydrogens is 346 g/mol. The predicted octanol–water partition coefficient (Wildman–Crippen LogP) is 3.36. The highest BCUT2D eigenvalue weighted by molar-refractivity contribution is 7.18. The van der Waals surface area contributed by atoms with E-state index in [0.29, 0.717) is 5.89 Å². The van der Waals surface area contributed by atoms with Crippen LogP contribution in [0.15, 0.2) is 22.7 Å².